The normalized spacial score (nSPS) is 50.5. The molecule has 0 aromatic rings. The molecule has 208 valence electrons. The number of fused-ring (bicyclic) bond motifs is 2. The number of aliphatic hydroxyl groups excluding tert-OH is 1. The van der Waals surface area contributed by atoms with Crippen LogP contribution in [0.15, 0.2) is 36.0 Å². The molecule has 9 heteroatoms. The van der Waals surface area contributed by atoms with Crippen molar-refractivity contribution in [2.75, 3.05) is 13.2 Å². The predicted octanol–water partition coefficient (Wildman–Crippen LogP) is 2.76. The van der Waals surface area contributed by atoms with E-state index in [9.17, 15) is 14.7 Å². The van der Waals surface area contributed by atoms with Gasteiger partial charge in [0.2, 0.25) is 0 Å². The minimum Gasteiger partial charge on any atom is -0.463 e. The molecule has 3 saturated heterocycles. The number of aliphatic hydroxyl groups is 1. The third kappa shape index (κ3) is 3.84. The first-order chi connectivity index (χ1) is 18.1. The van der Waals surface area contributed by atoms with Crippen LogP contribution in [0, 0.1) is 16.7 Å². The molecule has 9 nitrogen and oxygen atoms in total. The monoisotopic (exact) mass is 530 g/mol. The highest BCUT2D eigenvalue weighted by Crippen LogP contribution is 2.72. The van der Waals surface area contributed by atoms with Crippen molar-refractivity contribution >= 4 is 11.9 Å². The maximum Gasteiger partial charge on any atom is 0.335 e. The Bertz CT molecular complexity index is 1080. The number of carbonyl (C=O) groups excluding carboxylic acids is 2. The van der Waals surface area contributed by atoms with Crippen LogP contribution in [0.1, 0.15) is 53.4 Å². The van der Waals surface area contributed by atoms with Gasteiger partial charge in [0, 0.05) is 24.3 Å². The minimum absolute atomic E-state index is 0.0283. The molecule has 6 rings (SSSR count). The fraction of sp³-hybridized carbons (Fsp3) is 0.724. The van der Waals surface area contributed by atoms with Gasteiger partial charge in [0.25, 0.3) is 0 Å². The van der Waals surface area contributed by atoms with E-state index in [4.69, 9.17) is 28.4 Å². The number of rotatable bonds is 0. The van der Waals surface area contributed by atoms with E-state index < -0.39 is 52.8 Å². The third-order valence-corrected chi connectivity index (χ3v) is 10.1. The van der Waals surface area contributed by atoms with Gasteiger partial charge in [-0.3, -0.25) is 0 Å². The van der Waals surface area contributed by atoms with Crippen LogP contribution >= 0.6 is 0 Å². The highest BCUT2D eigenvalue weighted by Gasteiger charge is 2.83. The number of hydrogen-bond donors (Lipinski definition) is 1. The fourth-order valence-electron chi connectivity index (χ4n) is 7.52. The van der Waals surface area contributed by atoms with E-state index in [0.29, 0.717) is 25.9 Å². The van der Waals surface area contributed by atoms with Crippen LogP contribution in [0.25, 0.3) is 0 Å². The van der Waals surface area contributed by atoms with Gasteiger partial charge >= 0.3 is 11.9 Å². The maximum atomic E-state index is 13.2. The zero-order valence-corrected chi connectivity index (χ0v) is 22.5. The standard InChI is InChI=1S/C29H38O9/c1-16-9-10-28-14-33-26(32)25(31)17(2)12-24-35-18(3)19(36-24)7-5-6-8-23(30)38-20-13-22(37-21(28)11-16)29(15-34-29)27(20,28)4/h5-8,11,17-22,24-25,31H,9-10,12-15H2,1-4H3/t17-,18?,19?,20-,21-,22-,24?,25+,27-,28-,29+/m1/s1. The Kier molecular flexibility index (Phi) is 6.39. The molecule has 4 fully saturated rings. The van der Waals surface area contributed by atoms with E-state index in [0.717, 1.165) is 6.42 Å². The van der Waals surface area contributed by atoms with E-state index in [2.05, 4.69) is 19.9 Å². The zero-order valence-electron chi connectivity index (χ0n) is 22.5. The summed E-state index contributed by atoms with van der Waals surface area (Å²) in [6.45, 7) is 8.40. The largest absolute Gasteiger partial charge is 0.463 e. The van der Waals surface area contributed by atoms with Crippen LogP contribution in [-0.2, 0) is 38.0 Å². The Morgan fingerprint density at radius 1 is 1.03 bits per heavy atom. The minimum atomic E-state index is -1.34. The lowest BCUT2D eigenvalue weighted by atomic mass is 9.51. The number of hydrogen-bond acceptors (Lipinski definition) is 9. The molecule has 4 heterocycles. The summed E-state index contributed by atoms with van der Waals surface area (Å²) >= 11 is 0. The van der Waals surface area contributed by atoms with E-state index in [-0.39, 0.29) is 31.0 Å². The molecule has 11 atom stereocenters. The zero-order chi connectivity index (χ0) is 26.9. The van der Waals surface area contributed by atoms with Crippen molar-refractivity contribution in [3.8, 4) is 0 Å². The summed E-state index contributed by atoms with van der Waals surface area (Å²) in [6, 6.07) is 0. The lowest BCUT2D eigenvalue weighted by molar-refractivity contribution is -0.234. The number of esters is 2. The number of cyclic esters (lactones) is 1. The van der Waals surface area contributed by atoms with E-state index in [1.165, 1.54) is 11.6 Å². The van der Waals surface area contributed by atoms with E-state index in [1.807, 2.05) is 13.0 Å². The quantitative estimate of drug-likeness (QED) is 0.287. The van der Waals surface area contributed by atoms with Gasteiger partial charge in [-0.2, -0.15) is 0 Å². The fourth-order valence-corrected chi connectivity index (χ4v) is 7.52. The van der Waals surface area contributed by atoms with Gasteiger partial charge in [-0.25, -0.2) is 9.59 Å². The molecule has 0 aromatic heterocycles. The predicted molar refractivity (Wildman–Crippen MR) is 134 cm³/mol. The number of allylic oxidation sites excluding steroid dienone is 3. The molecule has 0 radical (unpaired) electrons. The van der Waals surface area contributed by atoms with Crippen molar-refractivity contribution in [1.29, 1.82) is 0 Å². The molecule has 3 unspecified atom stereocenters. The summed E-state index contributed by atoms with van der Waals surface area (Å²) in [5.41, 5.74) is -0.721. The Hall–Kier alpha value is -2.04. The summed E-state index contributed by atoms with van der Waals surface area (Å²) in [6.07, 6.45) is 7.64. The molecule has 0 aromatic carbocycles. The van der Waals surface area contributed by atoms with Gasteiger partial charge < -0.3 is 33.5 Å². The summed E-state index contributed by atoms with van der Waals surface area (Å²) in [7, 11) is 0. The molecule has 2 aliphatic carbocycles. The highest BCUT2D eigenvalue weighted by molar-refractivity contribution is 5.82. The molecule has 4 bridgehead atoms. The lowest BCUT2D eigenvalue weighted by Gasteiger charge is -2.58. The maximum absolute atomic E-state index is 13.2. The van der Waals surface area contributed by atoms with Crippen LogP contribution in [0.3, 0.4) is 0 Å². The summed E-state index contributed by atoms with van der Waals surface area (Å²) < 4.78 is 36.6. The smallest absolute Gasteiger partial charge is 0.335 e. The molecule has 38 heavy (non-hydrogen) atoms. The molecule has 2 spiro atoms. The second kappa shape index (κ2) is 9.27. The molecular formula is C29H38O9. The Labute approximate surface area is 223 Å². The van der Waals surface area contributed by atoms with Crippen LogP contribution in [0.5, 0.6) is 0 Å². The van der Waals surface area contributed by atoms with Crippen LogP contribution < -0.4 is 0 Å². The van der Waals surface area contributed by atoms with Crippen LogP contribution in [0.4, 0.5) is 0 Å². The first-order valence-corrected chi connectivity index (χ1v) is 13.8. The average molecular weight is 531 g/mol. The molecular weight excluding hydrogens is 492 g/mol. The SMILES string of the molecule is CC1=C[C@H]2O[C@@H]3C[C@H]4OC(=O)C=CC=CC5OC(C[C@@H](C)[C@H](O)C(=O)OC[C@@]2(CC1)[C@]4(C)[C@]31CO1)OC5C. The van der Waals surface area contributed by atoms with Crippen molar-refractivity contribution in [3.05, 3.63) is 36.0 Å². The van der Waals surface area contributed by atoms with Gasteiger partial charge in [-0.05, 0) is 32.6 Å². The second-order valence-electron chi connectivity index (χ2n) is 12.1. The number of carbonyl (C=O) groups is 2. The van der Waals surface area contributed by atoms with Crippen molar-refractivity contribution in [2.24, 2.45) is 16.7 Å². The van der Waals surface area contributed by atoms with E-state index in [1.54, 1.807) is 19.1 Å². The van der Waals surface area contributed by atoms with Crippen molar-refractivity contribution in [2.45, 2.75) is 102 Å². The van der Waals surface area contributed by atoms with Crippen molar-refractivity contribution in [3.63, 3.8) is 0 Å². The number of ether oxygens (including phenoxy) is 6. The van der Waals surface area contributed by atoms with Crippen LogP contribution in [0.2, 0.25) is 0 Å². The topological polar surface area (TPSA) is 113 Å². The first kappa shape index (κ1) is 26.2. The van der Waals surface area contributed by atoms with Gasteiger partial charge in [0.1, 0.15) is 24.4 Å². The second-order valence-corrected chi connectivity index (χ2v) is 12.1. The van der Waals surface area contributed by atoms with Crippen LogP contribution in [-0.4, -0.2) is 78.8 Å². The molecule has 0 amide bonds. The van der Waals surface area contributed by atoms with E-state index >= 15 is 0 Å². The van der Waals surface area contributed by atoms with Gasteiger partial charge in [-0.15, -0.1) is 0 Å². The highest BCUT2D eigenvalue weighted by atomic mass is 16.7. The van der Waals surface area contributed by atoms with Gasteiger partial charge in [0.05, 0.1) is 30.3 Å². The summed E-state index contributed by atoms with van der Waals surface area (Å²) in [5.74, 6) is -1.58. The van der Waals surface area contributed by atoms with Crippen molar-refractivity contribution in [1.82, 2.24) is 0 Å². The Balaban J connectivity index is 1.36. The molecule has 1 N–H and O–H groups in total. The summed E-state index contributed by atoms with van der Waals surface area (Å²) in [5, 5.41) is 10.9. The van der Waals surface area contributed by atoms with Gasteiger partial charge in [0.15, 0.2) is 12.4 Å². The van der Waals surface area contributed by atoms with Gasteiger partial charge in [-0.1, -0.05) is 43.7 Å². The molecule has 4 aliphatic heterocycles. The molecule has 6 aliphatic rings. The van der Waals surface area contributed by atoms with Crippen molar-refractivity contribution < 1.29 is 43.1 Å². The number of epoxide rings is 1. The summed E-state index contributed by atoms with van der Waals surface area (Å²) in [4.78, 5) is 26.2. The Morgan fingerprint density at radius 2 is 1.82 bits per heavy atom. The Morgan fingerprint density at radius 3 is 2.58 bits per heavy atom. The first-order valence-electron chi connectivity index (χ1n) is 13.8. The lowest BCUT2D eigenvalue weighted by Crippen LogP contribution is -2.67. The molecule has 1 saturated carbocycles. The average Bonchev–Trinajstić information content (AvgIpc) is 3.58. The third-order valence-electron chi connectivity index (χ3n) is 10.1.